The number of aryl methyl sites for hydroxylation is 1. The van der Waals surface area contributed by atoms with Crippen molar-refractivity contribution in [3.8, 4) is 27.7 Å². The van der Waals surface area contributed by atoms with Crippen molar-refractivity contribution in [3.05, 3.63) is 52.5 Å². The highest BCUT2D eigenvalue weighted by molar-refractivity contribution is 7.09. The number of piperidine rings is 1. The van der Waals surface area contributed by atoms with Crippen LogP contribution in [0.2, 0.25) is 5.02 Å². The normalized spacial score (nSPS) is 15.0. The quantitative estimate of drug-likeness (QED) is 0.448. The Labute approximate surface area is 187 Å². The summed E-state index contributed by atoms with van der Waals surface area (Å²) < 4.78 is 10.5. The van der Waals surface area contributed by atoms with Gasteiger partial charge in [0, 0.05) is 24.2 Å². The van der Waals surface area contributed by atoms with Gasteiger partial charge in [-0.3, -0.25) is 0 Å². The van der Waals surface area contributed by atoms with E-state index in [2.05, 4.69) is 30.4 Å². The molecule has 0 N–H and O–H groups in total. The standard InChI is InChI=1S/C24H27ClN3OS/c1-4-16-6-5-7-19(17-10-12-26-13-11-17)22(16)23-27-24(30-28-23)18-8-9-21(20(25)14-18)29-15(2)3/h5-9,14-15,17H,4,10-13H2,1-3H3. The predicted molar refractivity (Wildman–Crippen MR) is 125 cm³/mol. The lowest BCUT2D eigenvalue weighted by Crippen LogP contribution is -2.21. The minimum absolute atomic E-state index is 0.0815. The molecule has 0 bridgehead atoms. The molecule has 0 aliphatic carbocycles. The van der Waals surface area contributed by atoms with Crippen molar-refractivity contribution in [2.45, 2.75) is 52.1 Å². The number of benzene rings is 2. The molecule has 1 aromatic heterocycles. The number of rotatable bonds is 6. The Morgan fingerprint density at radius 2 is 1.97 bits per heavy atom. The van der Waals surface area contributed by atoms with E-state index in [1.165, 1.54) is 28.2 Å². The van der Waals surface area contributed by atoms with Crippen molar-refractivity contribution in [1.29, 1.82) is 0 Å². The molecule has 1 aliphatic heterocycles. The van der Waals surface area contributed by atoms with Gasteiger partial charge in [-0.2, -0.15) is 4.37 Å². The monoisotopic (exact) mass is 440 g/mol. The van der Waals surface area contributed by atoms with E-state index in [0.29, 0.717) is 16.7 Å². The van der Waals surface area contributed by atoms with Crippen LogP contribution in [0.25, 0.3) is 22.0 Å². The van der Waals surface area contributed by atoms with Gasteiger partial charge < -0.3 is 4.74 Å². The lowest BCUT2D eigenvalue weighted by Gasteiger charge is -2.24. The molecule has 1 radical (unpaired) electrons. The number of aromatic nitrogens is 2. The first-order valence-electron chi connectivity index (χ1n) is 10.6. The number of hydrogen-bond donors (Lipinski definition) is 0. The molecule has 2 heterocycles. The van der Waals surface area contributed by atoms with E-state index >= 15 is 0 Å². The fourth-order valence-corrected chi connectivity index (χ4v) is 4.90. The minimum atomic E-state index is 0.0815. The highest BCUT2D eigenvalue weighted by Crippen LogP contribution is 2.38. The molecule has 0 atom stereocenters. The van der Waals surface area contributed by atoms with Crippen LogP contribution in [0.4, 0.5) is 0 Å². The summed E-state index contributed by atoms with van der Waals surface area (Å²) >= 11 is 7.87. The van der Waals surface area contributed by atoms with Gasteiger partial charge in [0.25, 0.3) is 0 Å². The van der Waals surface area contributed by atoms with Crippen LogP contribution in [0.1, 0.15) is 50.7 Å². The van der Waals surface area contributed by atoms with Gasteiger partial charge in [0.2, 0.25) is 0 Å². The maximum absolute atomic E-state index is 6.44. The highest BCUT2D eigenvalue weighted by atomic mass is 35.5. The van der Waals surface area contributed by atoms with E-state index in [1.54, 1.807) is 0 Å². The van der Waals surface area contributed by atoms with Gasteiger partial charge in [0.15, 0.2) is 5.82 Å². The Balaban J connectivity index is 1.70. The third kappa shape index (κ3) is 4.53. The molecule has 3 aromatic rings. The molecule has 30 heavy (non-hydrogen) atoms. The van der Waals surface area contributed by atoms with Crippen LogP contribution < -0.4 is 10.1 Å². The summed E-state index contributed by atoms with van der Waals surface area (Å²) in [6.07, 6.45) is 3.24. The van der Waals surface area contributed by atoms with Crippen LogP contribution in [-0.4, -0.2) is 28.6 Å². The van der Waals surface area contributed by atoms with Crippen molar-refractivity contribution in [3.63, 3.8) is 0 Å². The molecular formula is C24H27ClN3OS. The first-order chi connectivity index (χ1) is 14.6. The molecule has 4 rings (SSSR count). The van der Waals surface area contributed by atoms with Gasteiger partial charge >= 0.3 is 0 Å². The number of ether oxygens (including phenoxy) is 1. The molecule has 0 saturated carbocycles. The number of hydrogen-bond acceptors (Lipinski definition) is 4. The summed E-state index contributed by atoms with van der Waals surface area (Å²) in [5.74, 6) is 2.04. The minimum Gasteiger partial charge on any atom is -0.489 e. The number of halogens is 1. The fourth-order valence-electron chi connectivity index (χ4n) is 4.01. The van der Waals surface area contributed by atoms with E-state index < -0.39 is 0 Å². The van der Waals surface area contributed by atoms with E-state index in [-0.39, 0.29) is 6.10 Å². The zero-order chi connectivity index (χ0) is 21.1. The van der Waals surface area contributed by atoms with Crippen LogP contribution in [0.15, 0.2) is 36.4 Å². The molecule has 1 fully saturated rings. The Bertz CT molecular complexity index is 1010. The lowest BCUT2D eigenvalue weighted by atomic mass is 9.84. The number of nitrogens with zero attached hydrogens (tertiary/aromatic N) is 3. The summed E-state index contributed by atoms with van der Waals surface area (Å²) in [5, 5.41) is 5.99. The van der Waals surface area contributed by atoms with Crippen molar-refractivity contribution in [2.24, 2.45) is 0 Å². The SMILES string of the molecule is CCc1cccc(C2CC[N]CC2)c1-c1nsc(-c2ccc(OC(C)C)c(Cl)c2)n1. The molecule has 0 spiro atoms. The van der Waals surface area contributed by atoms with Crippen LogP contribution in [0.3, 0.4) is 0 Å². The van der Waals surface area contributed by atoms with Crippen LogP contribution in [0.5, 0.6) is 5.75 Å². The second-order valence-corrected chi connectivity index (χ2v) is 9.07. The lowest BCUT2D eigenvalue weighted by molar-refractivity contribution is 0.242. The molecule has 157 valence electrons. The summed E-state index contributed by atoms with van der Waals surface area (Å²) in [4.78, 5) is 4.93. The van der Waals surface area contributed by atoms with Crippen molar-refractivity contribution >= 4 is 23.1 Å². The predicted octanol–water partition coefficient (Wildman–Crippen LogP) is 6.36. The van der Waals surface area contributed by atoms with E-state index in [4.69, 9.17) is 25.7 Å². The third-order valence-corrected chi connectivity index (χ3v) is 6.53. The average molecular weight is 441 g/mol. The Morgan fingerprint density at radius 1 is 1.17 bits per heavy atom. The van der Waals surface area contributed by atoms with E-state index in [0.717, 1.165) is 48.7 Å². The topological polar surface area (TPSA) is 49.1 Å². The molecule has 4 nitrogen and oxygen atoms in total. The summed E-state index contributed by atoms with van der Waals surface area (Å²) in [7, 11) is 0. The fraction of sp³-hybridized carbons (Fsp3) is 0.417. The highest BCUT2D eigenvalue weighted by Gasteiger charge is 2.23. The van der Waals surface area contributed by atoms with Gasteiger partial charge in [-0.1, -0.05) is 36.7 Å². The molecular weight excluding hydrogens is 414 g/mol. The molecule has 0 amide bonds. The Morgan fingerprint density at radius 3 is 2.67 bits per heavy atom. The van der Waals surface area contributed by atoms with Gasteiger partial charge in [0.1, 0.15) is 10.8 Å². The van der Waals surface area contributed by atoms with Crippen LogP contribution in [0, 0.1) is 0 Å². The van der Waals surface area contributed by atoms with E-state index in [9.17, 15) is 0 Å². The maximum atomic E-state index is 6.44. The first kappa shape index (κ1) is 21.3. The summed E-state index contributed by atoms with van der Waals surface area (Å²) in [6, 6.07) is 12.4. The second kappa shape index (κ2) is 9.46. The van der Waals surface area contributed by atoms with Crippen molar-refractivity contribution < 1.29 is 4.74 Å². The smallest absolute Gasteiger partial charge is 0.174 e. The first-order valence-corrected chi connectivity index (χ1v) is 11.8. The molecule has 1 saturated heterocycles. The average Bonchev–Trinajstić information content (AvgIpc) is 3.25. The summed E-state index contributed by atoms with van der Waals surface area (Å²) in [5.41, 5.74) is 4.84. The van der Waals surface area contributed by atoms with Gasteiger partial charge in [-0.15, -0.1) is 0 Å². The van der Waals surface area contributed by atoms with Crippen LogP contribution >= 0.6 is 23.1 Å². The zero-order valence-corrected chi connectivity index (χ0v) is 19.3. The second-order valence-electron chi connectivity index (χ2n) is 7.91. The van der Waals surface area contributed by atoms with Crippen LogP contribution in [-0.2, 0) is 6.42 Å². The molecule has 6 heteroatoms. The van der Waals surface area contributed by atoms with Gasteiger partial charge in [-0.05, 0) is 79.9 Å². The summed E-state index contributed by atoms with van der Waals surface area (Å²) in [6.45, 7) is 8.06. The Kier molecular flexibility index (Phi) is 6.71. The van der Waals surface area contributed by atoms with Crippen molar-refractivity contribution in [1.82, 2.24) is 14.7 Å². The van der Waals surface area contributed by atoms with E-state index in [1.807, 2.05) is 32.0 Å². The van der Waals surface area contributed by atoms with Gasteiger partial charge in [-0.25, -0.2) is 10.3 Å². The molecule has 0 unspecified atom stereocenters. The third-order valence-electron chi connectivity index (χ3n) is 5.47. The molecule has 1 aliphatic rings. The maximum Gasteiger partial charge on any atom is 0.174 e. The Hall–Kier alpha value is -1.95. The largest absolute Gasteiger partial charge is 0.489 e. The van der Waals surface area contributed by atoms with Crippen molar-refractivity contribution in [2.75, 3.05) is 13.1 Å². The molecule has 2 aromatic carbocycles. The zero-order valence-electron chi connectivity index (χ0n) is 17.7. The van der Waals surface area contributed by atoms with Gasteiger partial charge in [0.05, 0.1) is 11.1 Å².